The molecule has 0 saturated heterocycles. The minimum atomic E-state index is -6.33. The summed E-state index contributed by atoms with van der Waals surface area (Å²) in [4.78, 5) is 64.2. The molecule has 0 bridgehead atoms. The van der Waals surface area contributed by atoms with Gasteiger partial charge in [-0.25, -0.2) is 18.0 Å². The maximum Gasteiger partial charge on any atom is 0.490 e. The fourth-order valence-electron chi connectivity index (χ4n) is 0.558. The molecule has 24 heavy (non-hydrogen) atoms. The van der Waals surface area contributed by atoms with Gasteiger partial charge in [-0.3, -0.25) is 8.88 Å². The number of hydrogen-bond acceptors (Lipinski definition) is 12. The van der Waals surface area contributed by atoms with Crippen LogP contribution in [-0.4, -0.2) is 19.6 Å². The molecule has 0 aromatic heterocycles. The predicted molar refractivity (Wildman–Crippen MR) is 69.2 cm³/mol. The van der Waals surface area contributed by atoms with Gasteiger partial charge in [0.25, 0.3) is 7.82 Å². The van der Waals surface area contributed by atoms with E-state index in [1.807, 2.05) is 0 Å². The van der Waals surface area contributed by atoms with Crippen molar-refractivity contribution in [2.45, 2.75) is 0 Å². The molecule has 3 atom stereocenters. The van der Waals surface area contributed by atoms with E-state index in [-0.39, 0.29) is 18.5 Å². The molecule has 19 nitrogen and oxygen atoms in total. The van der Waals surface area contributed by atoms with Crippen LogP contribution in [0.4, 0.5) is 0 Å². The fourth-order valence-corrected chi connectivity index (χ4v) is 5.83. The second kappa shape index (κ2) is 10.1. The van der Waals surface area contributed by atoms with Crippen molar-refractivity contribution in [1.82, 2.24) is 18.5 Å². The first-order valence-corrected chi connectivity index (χ1v) is 11.2. The van der Waals surface area contributed by atoms with Gasteiger partial charge in [0.05, 0.1) is 7.82 Å². The van der Waals surface area contributed by atoms with Crippen LogP contribution in [0.3, 0.4) is 0 Å². The van der Waals surface area contributed by atoms with Gasteiger partial charge in [-0.15, -0.1) is 0 Å². The molecule has 0 aromatic carbocycles. The van der Waals surface area contributed by atoms with Crippen molar-refractivity contribution in [2.75, 3.05) is 0 Å². The molecule has 0 spiro atoms. The highest BCUT2D eigenvalue weighted by molar-refractivity contribution is 7.70. The molecule has 0 saturated carbocycles. The zero-order chi connectivity index (χ0) is 17.3. The fraction of sp³-hybridized carbons (Fsp3) is 0. The molecule has 16 N–H and O–H groups in total. The lowest BCUT2D eigenvalue weighted by Crippen LogP contribution is -2.19. The van der Waals surface area contributed by atoms with Gasteiger partial charge >= 0.3 is 23.5 Å². The molecule has 0 radical (unpaired) electrons. The van der Waals surface area contributed by atoms with Crippen LogP contribution in [0.15, 0.2) is 0 Å². The van der Waals surface area contributed by atoms with Crippen molar-refractivity contribution < 1.29 is 74.3 Å². The molecule has 152 valence electrons. The van der Waals surface area contributed by atoms with E-state index in [4.69, 9.17) is 19.6 Å². The molecule has 0 aromatic rings. The Bertz CT molecular complexity index is 559. The lowest BCUT2D eigenvalue weighted by molar-refractivity contribution is -0.339. The van der Waals surface area contributed by atoms with Crippen molar-refractivity contribution in [3.63, 3.8) is 0 Å². The minimum absolute atomic E-state index is 0. The summed E-state index contributed by atoms with van der Waals surface area (Å²) >= 11 is 0. The zero-order valence-corrected chi connectivity index (χ0v) is 16.4. The van der Waals surface area contributed by atoms with Gasteiger partial charge in [0, 0.05) is 0 Å². The van der Waals surface area contributed by atoms with Gasteiger partial charge in [-0.05, 0) is 0 Å². The summed E-state index contributed by atoms with van der Waals surface area (Å²) in [6, 6.07) is 0. The predicted octanol–water partition coefficient (Wildman–Crippen LogP) is -1.23. The largest absolute Gasteiger partial charge is 0.790 e. The third-order valence-corrected chi connectivity index (χ3v) is 7.37. The van der Waals surface area contributed by atoms with Gasteiger partial charge in [0.15, 0.2) is 0 Å². The van der Waals surface area contributed by atoms with Gasteiger partial charge in [0.2, 0.25) is 0 Å². The molecule has 0 aliphatic heterocycles. The van der Waals surface area contributed by atoms with Crippen molar-refractivity contribution in [2.24, 2.45) is 0 Å². The lowest BCUT2D eigenvalue weighted by atomic mass is 14.0. The summed E-state index contributed by atoms with van der Waals surface area (Å²) < 4.78 is 64.3. The first kappa shape index (κ1) is 32.3. The van der Waals surface area contributed by atoms with Crippen molar-refractivity contribution >= 4 is 39.1 Å². The minimum Gasteiger partial charge on any atom is -0.790 e. The standard InChI is InChI=1S/3H3N.H7O16P5/c;;;1-17(2,3)13-19(7,8)15-21(11,12)16-20(9,10)14-18(4,5)6/h3*1H3;(H,7,8)(H,9,10)(H,11,12)(H2,1,2,3)(H2,4,5,6). The average molecular weight is 469 g/mol. The van der Waals surface area contributed by atoms with Crippen LogP contribution in [0.1, 0.15) is 0 Å². The summed E-state index contributed by atoms with van der Waals surface area (Å²) in [5, 5.41) is 0. The van der Waals surface area contributed by atoms with Gasteiger partial charge in [-0.1, -0.05) is 0 Å². The van der Waals surface area contributed by atoms with E-state index in [0.29, 0.717) is 0 Å². The number of hydrogen-bond donors (Lipinski definition) is 7. The molecule has 3 unspecified atom stereocenters. The summed E-state index contributed by atoms with van der Waals surface area (Å²) in [6.07, 6.45) is 0. The molecule has 0 heterocycles. The van der Waals surface area contributed by atoms with Crippen molar-refractivity contribution in [3.05, 3.63) is 0 Å². The Hall–Kier alpha value is 0.590. The first-order chi connectivity index (χ1) is 8.83. The van der Waals surface area contributed by atoms with Crippen LogP contribution >= 0.6 is 39.1 Å². The highest BCUT2D eigenvalue weighted by atomic mass is 31.3. The Morgan fingerprint density at radius 1 is 0.583 bits per heavy atom. The smallest absolute Gasteiger partial charge is 0.490 e. The normalized spacial score (nSPS) is 19.3. The van der Waals surface area contributed by atoms with Gasteiger partial charge in [-0.2, -0.15) is 8.62 Å². The molecule has 0 aliphatic rings. The second-order valence-electron chi connectivity index (χ2n) is 2.65. The third kappa shape index (κ3) is 17.4. The first-order valence-electron chi connectivity index (χ1n) is 3.72. The molecule has 0 aliphatic carbocycles. The maximum atomic E-state index is 10.9. The number of rotatable bonds is 8. The maximum absolute atomic E-state index is 10.9. The summed E-state index contributed by atoms with van der Waals surface area (Å²) in [5.41, 5.74) is 0. The third-order valence-electron chi connectivity index (χ3n) is 0.819. The Labute approximate surface area is 133 Å². The molecular formula is H16N3O16P5. The van der Waals surface area contributed by atoms with Crippen LogP contribution in [0.25, 0.3) is 0 Å². The molecule has 0 rings (SSSR count). The van der Waals surface area contributed by atoms with E-state index in [0.717, 1.165) is 0 Å². The lowest BCUT2D eigenvalue weighted by Gasteiger charge is -2.35. The Balaban J connectivity index is -0.000000667. The zero-order valence-electron chi connectivity index (χ0n) is 11.9. The highest BCUT2D eigenvalue weighted by Gasteiger charge is 2.42. The van der Waals surface area contributed by atoms with Crippen molar-refractivity contribution in [3.8, 4) is 0 Å². The SMILES string of the molecule is O=P([O-])([O-])OP(=O)([O-])OP(=O)(O)OP(=O)(O)OP(=O)(O)O.[NH4+].[NH4+].[NH4+]. The van der Waals surface area contributed by atoms with Crippen LogP contribution < -0.4 is 33.1 Å². The van der Waals surface area contributed by atoms with Crippen LogP contribution in [-0.2, 0) is 40.1 Å². The van der Waals surface area contributed by atoms with Gasteiger partial charge < -0.3 is 57.3 Å². The van der Waals surface area contributed by atoms with Crippen molar-refractivity contribution in [1.29, 1.82) is 0 Å². The molecule has 0 fully saturated rings. The monoisotopic (exact) mass is 469 g/mol. The number of phosphoric acid groups is 5. The molecule has 0 amide bonds. The second-order valence-corrected chi connectivity index (χ2v) is 9.91. The van der Waals surface area contributed by atoms with Crippen LogP contribution in [0, 0.1) is 0 Å². The van der Waals surface area contributed by atoms with E-state index in [2.05, 4.69) is 17.2 Å². The Morgan fingerprint density at radius 2 is 0.917 bits per heavy atom. The van der Waals surface area contributed by atoms with E-state index in [1.54, 1.807) is 0 Å². The Kier molecular flexibility index (Phi) is 13.5. The molecular weight excluding hydrogens is 453 g/mol. The van der Waals surface area contributed by atoms with E-state index in [1.165, 1.54) is 0 Å². The topological polar surface area (TPSA) is 382 Å². The quantitative estimate of drug-likeness (QED) is 0.204. The van der Waals surface area contributed by atoms with Crippen LogP contribution in [0.5, 0.6) is 0 Å². The van der Waals surface area contributed by atoms with E-state index in [9.17, 15) is 37.5 Å². The number of quaternary nitrogens is 3. The average Bonchev–Trinajstić information content (AvgIpc) is 1.83. The molecule has 24 heteroatoms. The summed E-state index contributed by atoms with van der Waals surface area (Å²) in [6.45, 7) is 0. The van der Waals surface area contributed by atoms with Crippen LogP contribution in [0.2, 0.25) is 0 Å². The highest BCUT2D eigenvalue weighted by Crippen LogP contribution is 2.71. The Morgan fingerprint density at radius 3 is 1.21 bits per heavy atom. The summed E-state index contributed by atoms with van der Waals surface area (Å²) in [5.74, 6) is 0. The summed E-state index contributed by atoms with van der Waals surface area (Å²) in [7, 11) is -30.5. The van der Waals surface area contributed by atoms with E-state index < -0.39 is 39.1 Å². The van der Waals surface area contributed by atoms with E-state index >= 15 is 0 Å². The van der Waals surface area contributed by atoms with Gasteiger partial charge in [0.1, 0.15) is 0 Å².